The third-order valence-electron chi connectivity index (χ3n) is 7.59. The van der Waals surface area contributed by atoms with E-state index in [0.29, 0.717) is 5.56 Å². The third-order valence-corrected chi connectivity index (χ3v) is 7.95. The Kier molecular flexibility index (Phi) is 10.1. The number of alkyl halides is 3. The van der Waals surface area contributed by atoms with Gasteiger partial charge in [-0.05, 0) is 111 Å². The number of benzene rings is 6. The number of fused-ring (bicyclic) bond motifs is 2. The number of rotatable bonds is 7. The van der Waals surface area contributed by atoms with Gasteiger partial charge in [0, 0.05) is 0 Å². The lowest BCUT2D eigenvalue weighted by atomic mass is 9.98. The highest BCUT2D eigenvalue weighted by atomic mass is 35.5. The highest BCUT2D eigenvalue weighted by Gasteiger charge is 2.31. The van der Waals surface area contributed by atoms with Crippen LogP contribution in [0.3, 0.4) is 0 Å². The molecule has 6 rings (SSSR count). The molecule has 7 heteroatoms. The van der Waals surface area contributed by atoms with Crippen molar-refractivity contribution < 1.29 is 26.7 Å². The van der Waals surface area contributed by atoms with E-state index in [1.807, 2.05) is 48.5 Å². The molecule has 0 aliphatic carbocycles. The topological polar surface area (TPSA) is 9.23 Å². The summed E-state index contributed by atoms with van der Waals surface area (Å²) in [6, 6.07) is 32.7. The molecule has 0 aromatic heterocycles. The summed E-state index contributed by atoms with van der Waals surface area (Å²) in [5.41, 5.74) is 5.56. The first-order valence-corrected chi connectivity index (χ1v) is 15.1. The second-order valence-corrected chi connectivity index (χ2v) is 11.2. The summed E-state index contributed by atoms with van der Waals surface area (Å²) < 4.78 is 67.7. The lowest BCUT2D eigenvalue weighted by Gasteiger charge is -2.10. The number of hydrogen-bond donors (Lipinski definition) is 0. The predicted octanol–water partition coefficient (Wildman–Crippen LogP) is 12.5. The summed E-state index contributed by atoms with van der Waals surface area (Å²) in [7, 11) is 0. The number of ether oxygens (including phenoxy) is 1. The summed E-state index contributed by atoms with van der Waals surface area (Å²) in [6.45, 7) is 5.84. The Labute approximate surface area is 269 Å². The first-order chi connectivity index (χ1) is 22.0. The molecule has 0 aliphatic heterocycles. The molecule has 0 amide bonds. The maximum Gasteiger partial charge on any atom is 0.573 e. The zero-order valence-corrected chi connectivity index (χ0v) is 25.7. The van der Waals surface area contributed by atoms with E-state index in [2.05, 4.69) is 48.6 Å². The highest BCUT2D eigenvalue weighted by Crippen LogP contribution is 2.31. The minimum Gasteiger partial charge on any atom is -0.406 e. The van der Waals surface area contributed by atoms with E-state index in [9.17, 15) is 22.0 Å². The monoisotopic (exact) mass is 644 g/mol. The zero-order chi connectivity index (χ0) is 32.8. The maximum atomic E-state index is 13.6. The van der Waals surface area contributed by atoms with Crippen LogP contribution in [0.25, 0.3) is 43.8 Å². The van der Waals surface area contributed by atoms with Gasteiger partial charge in [0.05, 0.1) is 0 Å². The van der Waals surface area contributed by atoms with E-state index in [0.717, 1.165) is 57.5 Å². The summed E-state index contributed by atoms with van der Waals surface area (Å²) >= 11 is 5.53. The Morgan fingerprint density at radius 2 is 1.11 bits per heavy atom. The van der Waals surface area contributed by atoms with Gasteiger partial charge in [0.15, 0.2) is 0 Å². The summed E-state index contributed by atoms with van der Waals surface area (Å²) in [4.78, 5) is 0. The average Bonchev–Trinajstić information content (AvgIpc) is 3.05. The minimum atomic E-state index is -4.67. The molecule has 0 spiro atoms. The van der Waals surface area contributed by atoms with Crippen molar-refractivity contribution in [2.24, 2.45) is 0 Å². The second-order valence-electron chi connectivity index (χ2n) is 10.8. The summed E-state index contributed by atoms with van der Waals surface area (Å²) in [5, 5.41) is 3.92. The van der Waals surface area contributed by atoms with Crippen molar-refractivity contribution >= 4 is 33.1 Å². The summed E-state index contributed by atoms with van der Waals surface area (Å²) in [5.74, 6) is -1.71. The molecule has 0 N–H and O–H groups in total. The fourth-order valence-corrected chi connectivity index (χ4v) is 5.27. The Morgan fingerprint density at radius 3 is 1.65 bits per heavy atom. The van der Waals surface area contributed by atoms with Crippen molar-refractivity contribution in [3.8, 4) is 28.0 Å². The summed E-state index contributed by atoms with van der Waals surface area (Å²) in [6.07, 6.45) is 0.110. The van der Waals surface area contributed by atoms with Gasteiger partial charge in [0.2, 0.25) is 0 Å². The van der Waals surface area contributed by atoms with Gasteiger partial charge >= 0.3 is 6.36 Å². The van der Waals surface area contributed by atoms with E-state index in [-0.39, 0.29) is 5.75 Å². The van der Waals surface area contributed by atoms with Crippen LogP contribution in [0.1, 0.15) is 24.5 Å². The zero-order valence-electron chi connectivity index (χ0n) is 25.0. The lowest BCUT2D eigenvalue weighted by Crippen LogP contribution is -2.16. The third kappa shape index (κ3) is 8.12. The average molecular weight is 645 g/mol. The predicted molar refractivity (Wildman–Crippen MR) is 178 cm³/mol. The van der Waals surface area contributed by atoms with Crippen LogP contribution in [0.15, 0.2) is 122 Å². The van der Waals surface area contributed by atoms with E-state index < -0.39 is 23.0 Å². The fourth-order valence-electron chi connectivity index (χ4n) is 5.16. The van der Waals surface area contributed by atoms with Gasteiger partial charge in [0.1, 0.15) is 22.4 Å². The molecule has 0 saturated heterocycles. The van der Waals surface area contributed by atoms with Crippen LogP contribution in [0.4, 0.5) is 22.0 Å². The van der Waals surface area contributed by atoms with Crippen LogP contribution in [0.2, 0.25) is 5.02 Å². The van der Waals surface area contributed by atoms with Crippen LogP contribution >= 0.6 is 11.6 Å². The van der Waals surface area contributed by atoms with E-state index in [1.165, 1.54) is 35.4 Å². The van der Waals surface area contributed by atoms with Crippen molar-refractivity contribution in [3.63, 3.8) is 0 Å². The van der Waals surface area contributed by atoms with Crippen molar-refractivity contribution in [1.29, 1.82) is 0 Å². The molecule has 0 fully saturated rings. The molecule has 0 atom stereocenters. The SMILES string of the molecule is C=CCCc1ccc2cc(-c3cc(F)c(Cl)c(F)c3)ccc2c1.CCc1ccc2cc(-c3ccc(OC(F)(F)F)cc3)ccc2c1. The molecule has 0 bridgehead atoms. The quantitative estimate of drug-likeness (QED) is 0.0954. The first-order valence-electron chi connectivity index (χ1n) is 14.7. The van der Waals surface area contributed by atoms with Crippen LogP contribution in [-0.2, 0) is 12.8 Å². The van der Waals surface area contributed by atoms with Crippen molar-refractivity contribution in [3.05, 3.63) is 150 Å². The number of aryl methyl sites for hydroxylation is 2. The van der Waals surface area contributed by atoms with Gasteiger partial charge in [-0.2, -0.15) is 0 Å². The molecule has 0 radical (unpaired) electrons. The lowest BCUT2D eigenvalue weighted by molar-refractivity contribution is -0.274. The number of allylic oxidation sites excluding steroid dienone is 1. The van der Waals surface area contributed by atoms with E-state index >= 15 is 0 Å². The molecule has 46 heavy (non-hydrogen) atoms. The van der Waals surface area contributed by atoms with E-state index in [4.69, 9.17) is 11.6 Å². The normalized spacial score (nSPS) is 11.3. The molecule has 6 aromatic carbocycles. The maximum absolute atomic E-state index is 13.6. The van der Waals surface area contributed by atoms with Crippen molar-refractivity contribution in [2.45, 2.75) is 32.5 Å². The van der Waals surface area contributed by atoms with Crippen LogP contribution in [-0.4, -0.2) is 6.36 Å². The Bertz CT molecular complexity index is 1970. The molecule has 0 saturated carbocycles. The molecule has 6 aromatic rings. The Hall–Kier alpha value is -4.68. The largest absolute Gasteiger partial charge is 0.573 e. The van der Waals surface area contributed by atoms with Gasteiger partial charge in [-0.25, -0.2) is 8.78 Å². The van der Waals surface area contributed by atoms with Crippen molar-refractivity contribution in [1.82, 2.24) is 0 Å². The molecule has 0 unspecified atom stereocenters. The van der Waals surface area contributed by atoms with Gasteiger partial charge in [-0.3, -0.25) is 0 Å². The number of hydrogen-bond acceptors (Lipinski definition) is 1. The first kappa shape index (κ1) is 32.7. The molecule has 234 valence electrons. The van der Waals surface area contributed by atoms with Gasteiger partial charge < -0.3 is 4.74 Å². The molecular formula is C39H30ClF5O. The van der Waals surface area contributed by atoms with Gasteiger partial charge in [-0.1, -0.05) is 97.4 Å². The minimum absolute atomic E-state index is 0.213. The van der Waals surface area contributed by atoms with Gasteiger partial charge in [-0.15, -0.1) is 19.8 Å². The molecular weight excluding hydrogens is 615 g/mol. The Balaban J connectivity index is 0.000000181. The number of halogens is 6. The van der Waals surface area contributed by atoms with Crippen LogP contribution in [0, 0.1) is 11.6 Å². The molecule has 0 aliphatic rings. The molecule has 0 heterocycles. The van der Waals surface area contributed by atoms with Crippen molar-refractivity contribution in [2.75, 3.05) is 0 Å². The Morgan fingerprint density at radius 1 is 0.630 bits per heavy atom. The van der Waals surface area contributed by atoms with Crippen LogP contribution < -0.4 is 4.74 Å². The smallest absolute Gasteiger partial charge is 0.406 e. The fraction of sp³-hybridized carbons (Fsp3) is 0.128. The van der Waals surface area contributed by atoms with Gasteiger partial charge in [0.25, 0.3) is 0 Å². The van der Waals surface area contributed by atoms with E-state index in [1.54, 1.807) is 12.1 Å². The van der Waals surface area contributed by atoms with Crippen LogP contribution in [0.5, 0.6) is 5.75 Å². The molecule has 1 nitrogen and oxygen atoms in total. The standard InChI is InChI=1S/C20H15ClF2.C19H15F3O/c1-2-3-4-13-5-6-15-10-16(8-7-14(15)9-13)17-11-18(22)20(21)19(23)12-17;1-2-13-3-4-17-12-16(6-5-15(17)11-13)14-7-9-18(10-8-14)23-19(20,21)22/h2,5-12H,1,3-4H2;3-12H,2H2,1H3. The second kappa shape index (κ2) is 14.2. The highest BCUT2D eigenvalue weighted by molar-refractivity contribution is 6.31.